The second-order valence-corrected chi connectivity index (χ2v) is 7.08. The first-order valence-corrected chi connectivity index (χ1v) is 8.89. The predicted octanol–water partition coefficient (Wildman–Crippen LogP) is 3.51. The van der Waals surface area contributed by atoms with Crippen LogP contribution in [0.25, 0.3) is 0 Å². The zero-order valence-electron chi connectivity index (χ0n) is 13.9. The van der Waals surface area contributed by atoms with Gasteiger partial charge in [0.15, 0.2) is 5.69 Å². The van der Waals surface area contributed by atoms with Crippen molar-refractivity contribution in [3.8, 4) is 0 Å². The molecular formula is C16H21ClF3N3O2. The highest BCUT2D eigenvalue weighted by Crippen LogP contribution is 2.46. The van der Waals surface area contributed by atoms with Gasteiger partial charge in [-0.25, -0.2) is 0 Å². The van der Waals surface area contributed by atoms with Crippen molar-refractivity contribution in [2.24, 2.45) is 0 Å². The van der Waals surface area contributed by atoms with E-state index in [4.69, 9.17) is 16.3 Å². The van der Waals surface area contributed by atoms with Gasteiger partial charge in [0.1, 0.15) is 0 Å². The van der Waals surface area contributed by atoms with E-state index in [9.17, 15) is 18.0 Å². The number of alkyl halides is 3. The van der Waals surface area contributed by atoms with Crippen LogP contribution in [-0.4, -0.2) is 34.4 Å². The molecule has 2 heterocycles. The van der Waals surface area contributed by atoms with E-state index in [1.165, 1.54) is 4.68 Å². The molecule has 1 amide bonds. The Balaban J connectivity index is 1.63. The first kappa shape index (κ1) is 18.5. The van der Waals surface area contributed by atoms with Gasteiger partial charge in [-0.1, -0.05) is 11.6 Å². The molecule has 0 unspecified atom stereocenters. The van der Waals surface area contributed by atoms with Gasteiger partial charge < -0.3 is 10.1 Å². The topological polar surface area (TPSA) is 56.2 Å². The Morgan fingerprint density at radius 2 is 2.16 bits per heavy atom. The Hall–Kier alpha value is -1.28. The Morgan fingerprint density at radius 3 is 2.72 bits per heavy atom. The standard InChI is InChI=1S/C16H21ClF3N3O2/c1-9(11-3-2-8-25-11)21-12(24)6-7-23-14(10-4-5-10)13(17)15(22-23)16(18,19)20/h9-11H,2-8H2,1H3,(H,21,24)/t9-,11-/m0/s1. The van der Waals surface area contributed by atoms with Crippen LogP contribution in [-0.2, 0) is 22.3 Å². The second-order valence-electron chi connectivity index (χ2n) is 6.70. The van der Waals surface area contributed by atoms with Gasteiger partial charge in [0.05, 0.1) is 29.4 Å². The maximum atomic E-state index is 13.0. The molecule has 0 aromatic carbocycles. The van der Waals surface area contributed by atoms with Gasteiger partial charge in [0.2, 0.25) is 5.91 Å². The molecule has 1 aromatic heterocycles. The summed E-state index contributed by atoms with van der Waals surface area (Å²) in [5.41, 5.74) is -0.668. The number of nitrogens with zero attached hydrogens (tertiary/aromatic N) is 2. The van der Waals surface area contributed by atoms with E-state index in [-0.39, 0.29) is 42.0 Å². The molecule has 1 N–H and O–H groups in total. The Bertz CT molecular complexity index is 637. The molecule has 2 atom stereocenters. The van der Waals surface area contributed by atoms with Crippen molar-refractivity contribution in [2.45, 2.75) is 69.8 Å². The van der Waals surface area contributed by atoms with Crippen molar-refractivity contribution in [1.29, 1.82) is 0 Å². The van der Waals surface area contributed by atoms with Crippen molar-refractivity contribution in [3.05, 3.63) is 16.4 Å². The van der Waals surface area contributed by atoms with Crippen LogP contribution in [0.5, 0.6) is 0 Å². The number of hydrogen-bond acceptors (Lipinski definition) is 3. The zero-order chi connectivity index (χ0) is 18.2. The lowest BCUT2D eigenvalue weighted by atomic mass is 10.1. The molecule has 0 spiro atoms. The van der Waals surface area contributed by atoms with Crippen LogP contribution in [0.4, 0.5) is 13.2 Å². The fourth-order valence-corrected chi connectivity index (χ4v) is 3.57. The largest absolute Gasteiger partial charge is 0.436 e. The molecule has 1 aromatic rings. The minimum absolute atomic E-state index is 0.00181. The number of carbonyl (C=O) groups excluding carboxylic acids is 1. The summed E-state index contributed by atoms with van der Waals surface area (Å²) in [6.45, 7) is 2.64. The summed E-state index contributed by atoms with van der Waals surface area (Å²) >= 11 is 5.91. The van der Waals surface area contributed by atoms with E-state index in [1.54, 1.807) is 0 Å². The lowest BCUT2D eigenvalue weighted by Crippen LogP contribution is -2.41. The summed E-state index contributed by atoms with van der Waals surface area (Å²) in [7, 11) is 0. The smallest absolute Gasteiger partial charge is 0.376 e. The maximum Gasteiger partial charge on any atom is 0.436 e. The van der Waals surface area contributed by atoms with Crippen LogP contribution in [0.2, 0.25) is 5.02 Å². The summed E-state index contributed by atoms with van der Waals surface area (Å²) in [5, 5.41) is 6.14. The molecule has 2 fully saturated rings. The van der Waals surface area contributed by atoms with Gasteiger partial charge in [0.25, 0.3) is 0 Å². The number of aromatic nitrogens is 2. The minimum atomic E-state index is -4.59. The molecule has 1 aliphatic carbocycles. The Kier molecular flexibility index (Phi) is 5.29. The molecule has 5 nitrogen and oxygen atoms in total. The van der Waals surface area contributed by atoms with E-state index in [0.717, 1.165) is 25.7 Å². The molecule has 1 saturated heterocycles. The van der Waals surface area contributed by atoms with Gasteiger partial charge >= 0.3 is 6.18 Å². The number of nitrogens with one attached hydrogen (secondary N) is 1. The molecule has 1 saturated carbocycles. The summed E-state index contributed by atoms with van der Waals surface area (Å²) < 4.78 is 45.8. The quantitative estimate of drug-likeness (QED) is 0.823. The molecular weight excluding hydrogens is 359 g/mol. The monoisotopic (exact) mass is 379 g/mol. The summed E-state index contributed by atoms with van der Waals surface area (Å²) in [6, 6.07) is -0.121. The molecule has 9 heteroatoms. The lowest BCUT2D eigenvalue weighted by Gasteiger charge is -2.20. The average molecular weight is 380 g/mol. The van der Waals surface area contributed by atoms with Crippen molar-refractivity contribution in [2.75, 3.05) is 6.61 Å². The third kappa shape index (κ3) is 4.28. The number of amides is 1. The third-order valence-electron chi connectivity index (χ3n) is 4.63. The van der Waals surface area contributed by atoms with Crippen molar-refractivity contribution < 1.29 is 22.7 Å². The molecule has 0 bridgehead atoms. The van der Waals surface area contributed by atoms with Crippen LogP contribution in [0, 0.1) is 0 Å². The summed E-state index contributed by atoms with van der Waals surface area (Å²) in [4.78, 5) is 12.1. The van der Waals surface area contributed by atoms with Gasteiger partial charge in [-0.15, -0.1) is 0 Å². The van der Waals surface area contributed by atoms with Crippen LogP contribution in [0.15, 0.2) is 0 Å². The molecule has 0 radical (unpaired) electrons. The zero-order valence-corrected chi connectivity index (χ0v) is 14.7. The molecule has 25 heavy (non-hydrogen) atoms. The van der Waals surface area contributed by atoms with Crippen molar-refractivity contribution in [1.82, 2.24) is 15.1 Å². The number of ether oxygens (including phenoxy) is 1. The average Bonchev–Trinajstić information content (AvgIpc) is 3.08. The number of hydrogen-bond donors (Lipinski definition) is 1. The number of aryl methyl sites for hydroxylation is 1. The fraction of sp³-hybridized carbons (Fsp3) is 0.750. The van der Waals surface area contributed by atoms with Crippen LogP contribution < -0.4 is 5.32 Å². The van der Waals surface area contributed by atoms with E-state index in [2.05, 4.69) is 10.4 Å². The Morgan fingerprint density at radius 1 is 1.44 bits per heavy atom. The Labute approximate surface area is 148 Å². The van der Waals surface area contributed by atoms with Crippen LogP contribution >= 0.6 is 11.6 Å². The van der Waals surface area contributed by atoms with E-state index < -0.39 is 11.9 Å². The van der Waals surface area contributed by atoms with Crippen molar-refractivity contribution >= 4 is 17.5 Å². The number of rotatable bonds is 6. The van der Waals surface area contributed by atoms with Gasteiger partial charge in [-0.3, -0.25) is 9.48 Å². The number of carbonyl (C=O) groups is 1. The SMILES string of the molecule is C[C@H](NC(=O)CCn1nc(C(F)(F)F)c(Cl)c1C1CC1)[C@@H]1CCCO1. The highest BCUT2D eigenvalue weighted by atomic mass is 35.5. The van der Waals surface area contributed by atoms with Crippen molar-refractivity contribution in [3.63, 3.8) is 0 Å². The van der Waals surface area contributed by atoms with E-state index in [1.807, 2.05) is 6.92 Å². The van der Waals surface area contributed by atoms with Gasteiger partial charge in [-0.05, 0) is 32.6 Å². The molecule has 140 valence electrons. The highest BCUT2D eigenvalue weighted by molar-refractivity contribution is 6.32. The van der Waals surface area contributed by atoms with Crippen LogP contribution in [0.3, 0.4) is 0 Å². The third-order valence-corrected chi connectivity index (χ3v) is 5.00. The van der Waals surface area contributed by atoms with E-state index in [0.29, 0.717) is 12.3 Å². The second kappa shape index (κ2) is 7.15. The molecule has 2 aliphatic rings. The van der Waals surface area contributed by atoms with Gasteiger partial charge in [-0.2, -0.15) is 18.3 Å². The highest BCUT2D eigenvalue weighted by Gasteiger charge is 2.42. The number of halogens is 4. The predicted molar refractivity (Wildman–Crippen MR) is 85.4 cm³/mol. The first-order chi connectivity index (χ1) is 11.8. The summed E-state index contributed by atoms with van der Waals surface area (Å²) in [6.07, 6.45) is -1.08. The minimum Gasteiger partial charge on any atom is -0.376 e. The van der Waals surface area contributed by atoms with Crippen LogP contribution in [0.1, 0.15) is 56.3 Å². The lowest BCUT2D eigenvalue weighted by molar-refractivity contribution is -0.141. The fourth-order valence-electron chi connectivity index (χ4n) is 3.17. The molecule has 3 rings (SSSR count). The maximum absolute atomic E-state index is 13.0. The first-order valence-electron chi connectivity index (χ1n) is 8.51. The summed E-state index contributed by atoms with van der Waals surface area (Å²) in [5.74, 6) is -0.227. The van der Waals surface area contributed by atoms with Gasteiger partial charge in [0, 0.05) is 18.9 Å². The normalized spacial score (nSPS) is 22.2. The van der Waals surface area contributed by atoms with E-state index >= 15 is 0 Å². The molecule has 1 aliphatic heterocycles.